The molecule has 2 heteroatoms. The molecule has 4 rings (SSSR count). The van der Waals surface area contributed by atoms with Gasteiger partial charge in [-0.25, -0.2) is 0 Å². The maximum Gasteiger partial charge on any atom is 0.0577 e. The second-order valence-electron chi connectivity index (χ2n) is 9.66. The molecule has 0 aromatic rings. The molecule has 4 aliphatic rings. The molecule has 0 amide bonds. The number of rotatable bonds is 1. The minimum absolute atomic E-state index is 0.0658. The smallest absolute Gasteiger partial charge is 0.0577 e. The summed E-state index contributed by atoms with van der Waals surface area (Å²) in [5.41, 5.74) is 9.25. The van der Waals surface area contributed by atoms with Crippen molar-refractivity contribution in [3.63, 3.8) is 0 Å². The standard InChI is InChI=1S/C21H35NO/c1-4-21(22)12-9-18-16-6-5-14-13-15(23)7-10-19(14,2)17(16)8-11-20(18,21)3/h5,15-18,23H,4,6-13,22H2,1-3H3/t15-,16?,17?,18?,19-,20-,21-/m0/s1. The Hall–Kier alpha value is -0.340. The normalized spacial score (nSPS) is 55.6. The third kappa shape index (κ3) is 2.00. The summed E-state index contributed by atoms with van der Waals surface area (Å²) in [6.45, 7) is 7.31. The van der Waals surface area contributed by atoms with Crippen molar-refractivity contribution in [3.05, 3.63) is 11.6 Å². The highest BCUT2D eigenvalue weighted by molar-refractivity contribution is 5.26. The third-order valence-corrected chi connectivity index (χ3v) is 9.14. The Morgan fingerprint density at radius 3 is 2.61 bits per heavy atom. The molecule has 0 spiro atoms. The summed E-state index contributed by atoms with van der Waals surface area (Å²) in [6.07, 6.45) is 13.1. The number of aliphatic hydroxyl groups excluding tert-OH is 1. The zero-order valence-corrected chi connectivity index (χ0v) is 15.3. The van der Waals surface area contributed by atoms with Crippen LogP contribution in [0.1, 0.15) is 78.6 Å². The number of fused-ring (bicyclic) bond motifs is 5. The van der Waals surface area contributed by atoms with Gasteiger partial charge >= 0.3 is 0 Å². The minimum Gasteiger partial charge on any atom is -0.393 e. The van der Waals surface area contributed by atoms with E-state index in [1.807, 2.05) is 0 Å². The van der Waals surface area contributed by atoms with Crippen molar-refractivity contribution in [2.45, 2.75) is 90.2 Å². The molecule has 2 nitrogen and oxygen atoms in total. The highest BCUT2D eigenvalue weighted by Gasteiger charge is 2.62. The van der Waals surface area contributed by atoms with Crippen LogP contribution in [0.2, 0.25) is 0 Å². The van der Waals surface area contributed by atoms with Crippen LogP contribution in [0.4, 0.5) is 0 Å². The molecule has 3 N–H and O–H groups in total. The Labute approximate surface area is 141 Å². The van der Waals surface area contributed by atoms with E-state index >= 15 is 0 Å². The number of hydrogen-bond acceptors (Lipinski definition) is 2. The molecule has 0 bridgehead atoms. The number of allylic oxidation sites excluding steroid dienone is 1. The fourth-order valence-electron chi connectivity index (χ4n) is 7.39. The van der Waals surface area contributed by atoms with Crippen LogP contribution in [0.15, 0.2) is 11.6 Å². The molecule has 3 fully saturated rings. The summed E-state index contributed by atoms with van der Waals surface area (Å²) in [5, 5.41) is 10.1. The molecular formula is C21H35NO. The number of aliphatic hydroxyl groups is 1. The highest BCUT2D eigenvalue weighted by Crippen LogP contribution is 2.67. The molecule has 7 atom stereocenters. The molecular weight excluding hydrogens is 282 g/mol. The fraction of sp³-hybridized carbons (Fsp3) is 0.905. The van der Waals surface area contributed by atoms with Crippen LogP contribution in [0, 0.1) is 28.6 Å². The first kappa shape index (κ1) is 16.1. The van der Waals surface area contributed by atoms with Gasteiger partial charge in [0.2, 0.25) is 0 Å². The SMILES string of the molecule is CC[C@]1(N)CCC2C3CC=C4C[C@@H](O)CC[C@]4(C)C3CC[C@@]21C. The largest absolute Gasteiger partial charge is 0.393 e. The molecule has 0 aromatic carbocycles. The zero-order chi connectivity index (χ0) is 16.5. The zero-order valence-electron chi connectivity index (χ0n) is 15.3. The van der Waals surface area contributed by atoms with Crippen molar-refractivity contribution in [2.75, 3.05) is 0 Å². The van der Waals surface area contributed by atoms with Crippen LogP contribution < -0.4 is 5.73 Å². The average molecular weight is 318 g/mol. The Morgan fingerprint density at radius 1 is 1.13 bits per heavy atom. The number of hydrogen-bond donors (Lipinski definition) is 2. The van der Waals surface area contributed by atoms with Gasteiger partial charge in [0.05, 0.1) is 6.10 Å². The second kappa shape index (κ2) is 5.08. The predicted octanol–water partition coefficient (Wildman–Crippen LogP) is 4.42. The van der Waals surface area contributed by atoms with Crippen molar-refractivity contribution in [1.29, 1.82) is 0 Å². The summed E-state index contributed by atoms with van der Waals surface area (Å²) < 4.78 is 0. The fourth-order valence-corrected chi connectivity index (χ4v) is 7.39. The van der Waals surface area contributed by atoms with Crippen LogP contribution >= 0.6 is 0 Å². The summed E-state index contributed by atoms with van der Waals surface area (Å²) in [4.78, 5) is 0. The molecule has 3 unspecified atom stereocenters. The van der Waals surface area contributed by atoms with Gasteiger partial charge in [0.15, 0.2) is 0 Å². The van der Waals surface area contributed by atoms with Crippen molar-refractivity contribution in [1.82, 2.24) is 0 Å². The Kier molecular flexibility index (Phi) is 3.57. The van der Waals surface area contributed by atoms with Gasteiger partial charge in [-0.2, -0.15) is 0 Å². The second-order valence-corrected chi connectivity index (χ2v) is 9.66. The van der Waals surface area contributed by atoms with E-state index in [0.717, 1.165) is 37.0 Å². The van der Waals surface area contributed by atoms with Gasteiger partial charge in [-0.15, -0.1) is 0 Å². The van der Waals surface area contributed by atoms with Gasteiger partial charge in [0.25, 0.3) is 0 Å². The molecule has 0 radical (unpaired) electrons. The lowest BCUT2D eigenvalue weighted by atomic mass is 9.46. The van der Waals surface area contributed by atoms with Gasteiger partial charge in [-0.1, -0.05) is 32.4 Å². The summed E-state index contributed by atoms with van der Waals surface area (Å²) in [7, 11) is 0. The maximum absolute atomic E-state index is 10.1. The van der Waals surface area contributed by atoms with E-state index in [2.05, 4.69) is 26.8 Å². The molecule has 3 saturated carbocycles. The van der Waals surface area contributed by atoms with Crippen molar-refractivity contribution in [3.8, 4) is 0 Å². The maximum atomic E-state index is 10.1. The summed E-state index contributed by atoms with van der Waals surface area (Å²) >= 11 is 0. The average Bonchev–Trinajstić information content (AvgIpc) is 2.80. The summed E-state index contributed by atoms with van der Waals surface area (Å²) in [6, 6.07) is 0. The van der Waals surface area contributed by atoms with E-state index in [0.29, 0.717) is 10.8 Å². The van der Waals surface area contributed by atoms with Crippen LogP contribution in [-0.2, 0) is 0 Å². The van der Waals surface area contributed by atoms with E-state index in [4.69, 9.17) is 5.73 Å². The predicted molar refractivity (Wildman–Crippen MR) is 94.9 cm³/mol. The lowest BCUT2D eigenvalue weighted by Gasteiger charge is -2.59. The first-order valence-corrected chi connectivity index (χ1v) is 10.0. The monoisotopic (exact) mass is 317 g/mol. The summed E-state index contributed by atoms with van der Waals surface area (Å²) in [5.74, 6) is 2.47. The van der Waals surface area contributed by atoms with Gasteiger partial charge in [-0.05, 0) is 86.4 Å². The van der Waals surface area contributed by atoms with E-state index in [-0.39, 0.29) is 11.6 Å². The van der Waals surface area contributed by atoms with Crippen LogP contribution in [0.5, 0.6) is 0 Å². The highest BCUT2D eigenvalue weighted by atomic mass is 16.3. The van der Waals surface area contributed by atoms with Gasteiger partial charge in [0.1, 0.15) is 0 Å². The Morgan fingerprint density at radius 2 is 1.87 bits per heavy atom. The van der Waals surface area contributed by atoms with Crippen LogP contribution in [-0.4, -0.2) is 16.7 Å². The Bertz CT molecular complexity index is 528. The Balaban J connectivity index is 1.68. The van der Waals surface area contributed by atoms with Crippen LogP contribution in [0.25, 0.3) is 0 Å². The van der Waals surface area contributed by atoms with E-state index in [1.165, 1.54) is 38.5 Å². The lowest BCUT2D eigenvalue weighted by molar-refractivity contribution is -0.0560. The molecule has 0 aliphatic heterocycles. The number of nitrogens with two attached hydrogens (primary N) is 1. The van der Waals surface area contributed by atoms with E-state index in [1.54, 1.807) is 5.57 Å². The van der Waals surface area contributed by atoms with Gasteiger partial charge in [-0.3, -0.25) is 0 Å². The van der Waals surface area contributed by atoms with Crippen molar-refractivity contribution < 1.29 is 5.11 Å². The van der Waals surface area contributed by atoms with E-state index in [9.17, 15) is 5.11 Å². The molecule has 0 saturated heterocycles. The topological polar surface area (TPSA) is 46.2 Å². The van der Waals surface area contributed by atoms with Gasteiger partial charge < -0.3 is 10.8 Å². The molecule has 23 heavy (non-hydrogen) atoms. The van der Waals surface area contributed by atoms with Crippen LogP contribution in [0.3, 0.4) is 0 Å². The minimum atomic E-state index is -0.0944. The quantitative estimate of drug-likeness (QED) is 0.703. The molecule has 0 aromatic heterocycles. The van der Waals surface area contributed by atoms with Gasteiger partial charge in [0, 0.05) is 5.54 Å². The first-order chi connectivity index (χ1) is 10.8. The molecule has 130 valence electrons. The van der Waals surface area contributed by atoms with Crippen molar-refractivity contribution >= 4 is 0 Å². The van der Waals surface area contributed by atoms with E-state index < -0.39 is 0 Å². The lowest BCUT2D eigenvalue weighted by Crippen LogP contribution is -2.57. The molecule has 0 heterocycles. The third-order valence-electron chi connectivity index (χ3n) is 9.14. The van der Waals surface area contributed by atoms with Crippen molar-refractivity contribution in [2.24, 2.45) is 34.3 Å². The first-order valence-electron chi connectivity index (χ1n) is 10.0. The molecule has 4 aliphatic carbocycles.